The van der Waals surface area contributed by atoms with Gasteiger partial charge >= 0.3 is 0 Å². The lowest BCUT2D eigenvalue weighted by Crippen LogP contribution is -2.45. The average Bonchev–Trinajstić information content (AvgIpc) is 3.02. The van der Waals surface area contributed by atoms with Gasteiger partial charge in [-0.15, -0.1) is 0 Å². The quantitative estimate of drug-likeness (QED) is 0.540. The standard InChI is InChI=1S/C25H22N2O5S/c1-16-11-13-19(14-12-16)33(31,32)27(22-10-6-7-17(2)18(22)3)23(28)15-26-24(29)20-8-4-5-9-21(20)25(26)30/h4-14H,15H2,1-3H3. The molecule has 0 bridgehead atoms. The summed E-state index contributed by atoms with van der Waals surface area (Å²) in [6, 6.07) is 17.4. The lowest BCUT2D eigenvalue weighted by molar-refractivity contribution is -0.117. The molecule has 3 amide bonds. The Morgan fingerprint density at radius 1 is 0.818 bits per heavy atom. The number of carbonyl (C=O) groups is 3. The molecule has 0 saturated heterocycles. The van der Waals surface area contributed by atoms with Crippen LogP contribution in [0.25, 0.3) is 0 Å². The molecule has 1 heterocycles. The molecule has 3 aromatic rings. The van der Waals surface area contributed by atoms with Crippen LogP contribution >= 0.6 is 0 Å². The highest BCUT2D eigenvalue weighted by Gasteiger charge is 2.40. The van der Waals surface area contributed by atoms with Crippen LogP contribution < -0.4 is 4.31 Å². The van der Waals surface area contributed by atoms with Crippen molar-refractivity contribution in [3.63, 3.8) is 0 Å². The zero-order valence-electron chi connectivity index (χ0n) is 18.4. The van der Waals surface area contributed by atoms with Gasteiger partial charge in [0.1, 0.15) is 6.54 Å². The Morgan fingerprint density at radius 3 is 1.97 bits per heavy atom. The van der Waals surface area contributed by atoms with E-state index in [-0.39, 0.29) is 21.7 Å². The summed E-state index contributed by atoms with van der Waals surface area (Å²) in [5.74, 6) is -2.16. The fourth-order valence-electron chi connectivity index (χ4n) is 3.75. The minimum atomic E-state index is -4.32. The first-order valence-electron chi connectivity index (χ1n) is 10.3. The number of hydrogen-bond donors (Lipinski definition) is 0. The van der Waals surface area contributed by atoms with Crippen LogP contribution in [0.15, 0.2) is 71.6 Å². The first-order chi connectivity index (χ1) is 15.6. The smallest absolute Gasteiger partial charge is 0.270 e. The van der Waals surface area contributed by atoms with Crippen molar-refractivity contribution in [2.45, 2.75) is 25.7 Å². The Labute approximate surface area is 192 Å². The zero-order chi connectivity index (χ0) is 23.9. The maximum Gasteiger partial charge on any atom is 0.270 e. The lowest BCUT2D eigenvalue weighted by atomic mass is 10.1. The summed E-state index contributed by atoms with van der Waals surface area (Å²) in [7, 11) is -4.32. The van der Waals surface area contributed by atoms with Crippen LogP contribution in [-0.2, 0) is 14.8 Å². The van der Waals surface area contributed by atoms with Gasteiger partial charge in [0.15, 0.2) is 0 Å². The van der Waals surface area contributed by atoms with Gasteiger partial charge in [-0.3, -0.25) is 19.3 Å². The van der Waals surface area contributed by atoms with Crippen molar-refractivity contribution in [2.24, 2.45) is 0 Å². The van der Waals surface area contributed by atoms with Crippen LogP contribution in [0.3, 0.4) is 0 Å². The summed E-state index contributed by atoms with van der Waals surface area (Å²) in [6.45, 7) is 4.65. The Hall–Kier alpha value is -3.78. The van der Waals surface area contributed by atoms with Crippen molar-refractivity contribution in [1.82, 2.24) is 4.90 Å². The third-order valence-corrected chi connectivity index (χ3v) is 7.50. The van der Waals surface area contributed by atoms with Crippen molar-refractivity contribution >= 4 is 33.4 Å². The third-order valence-electron chi connectivity index (χ3n) is 5.75. The third kappa shape index (κ3) is 3.82. The number of hydrogen-bond acceptors (Lipinski definition) is 5. The molecule has 8 heteroatoms. The number of nitrogens with zero attached hydrogens (tertiary/aromatic N) is 2. The number of amides is 3. The minimum Gasteiger partial charge on any atom is -0.271 e. The second-order valence-electron chi connectivity index (χ2n) is 7.94. The molecule has 3 aromatic carbocycles. The molecular formula is C25H22N2O5S. The van der Waals surface area contributed by atoms with E-state index < -0.39 is 34.3 Å². The molecule has 1 aliphatic heterocycles. The Balaban J connectivity index is 1.78. The predicted molar refractivity (Wildman–Crippen MR) is 124 cm³/mol. The zero-order valence-corrected chi connectivity index (χ0v) is 19.2. The van der Waals surface area contributed by atoms with E-state index in [1.165, 1.54) is 30.3 Å². The molecule has 168 valence electrons. The van der Waals surface area contributed by atoms with Crippen LogP contribution in [0.5, 0.6) is 0 Å². The van der Waals surface area contributed by atoms with Gasteiger partial charge in [0, 0.05) is 0 Å². The number of fused-ring (bicyclic) bond motifs is 1. The van der Waals surface area contributed by atoms with Crippen molar-refractivity contribution < 1.29 is 22.8 Å². The van der Waals surface area contributed by atoms with E-state index >= 15 is 0 Å². The molecule has 0 unspecified atom stereocenters. The molecule has 0 aromatic heterocycles. The maximum absolute atomic E-state index is 13.6. The van der Waals surface area contributed by atoms with Crippen LogP contribution in [0.1, 0.15) is 37.4 Å². The van der Waals surface area contributed by atoms with Crippen molar-refractivity contribution in [2.75, 3.05) is 10.8 Å². The number of rotatable bonds is 5. The summed E-state index contributed by atoms with van der Waals surface area (Å²) in [5, 5.41) is 0. The fraction of sp³-hybridized carbons (Fsp3) is 0.160. The van der Waals surface area contributed by atoms with Gasteiger partial charge in [-0.2, -0.15) is 0 Å². The van der Waals surface area contributed by atoms with E-state index in [1.807, 2.05) is 19.9 Å². The first-order valence-corrected chi connectivity index (χ1v) is 11.7. The molecule has 1 aliphatic rings. The van der Waals surface area contributed by atoms with Crippen LogP contribution in [0.4, 0.5) is 5.69 Å². The van der Waals surface area contributed by atoms with Gasteiger partial charge < -0.3 is 0 Å². The van der Waals surface area contributed by atoms with Gasteiger partial charge in [-0.05, 0) is 62.2 Å². The topological polar surface area (TPSA) is 91.8 Å². The number of imide groups is 1. The summed E-state index contributed by atoms with van der Waals surface area (Å²) in [5.41, 5.74) is 2.82. The number of anilines is 1. The number of sulfonamides is 1. The van der Waals surface area contributed by atoms with Crippen molar-refractivity contribution in [1.29, 1.82) is 0 Å². The van der Waals surface area contributed by atoms with E-state index in [0.29, 0.717) is 9.87 Å². The molecule has 0 aliphatic carbocycles. The molecular weight excluding hydrogens is 440 g/mol. The largest absolute Gasteiger partial charge is 0.271 e. The summed E-state index contributed by atoms with van der Waals surface area (Å²) in [6.07, 6.45) is 0. The first kappa shape index (κ1) is 22.4. The SMILES string of the molecule is Cc1ccc(S(=O)(=O)N(C(=O)CN2C(=O)c3ccccc3C2=O)c2cccc(C)c2C)cc1. The second-order valence-corrected chi connectivity index (χ2v) is 9.72. The molecule has 0 spiro atoms. The average molecular weight is 463 g/mol. The Morgan fingerprint density at radius 2 is 1.39 bits per heavy atom. The van der Waals surface area contributed by atoms with Gasteiger partial charge in [-0.25, -0.2) is 12.7 Å². The van der Waals surface area contributed by atoms with Crippen LogP contribution in [-0.4, -0.2) is 37.6 Å². The second kappa shape index (κ2) is 8.29. The van der Waals surface area contributed by atoms with Gasteiger partial charge in [-0.1, -0.05) is 42.0 Å². The molecule has 33 heavy (non-hydrogen) atoms. The minimum absolute atomic E-state index is 0.0651. The molecule has 4 rings (SSSR count). The van der Waals surface area contributed by atoms with E-state index in [4.69, 9.17) is 0 Å². The van der Waals surface area contributed by atoms with Crippen molar-refractivity contribution in [3.05, 3.63) is 94.5 Å². The lowest BCUT2D eigenvalue weighted by Gasteiger charge is -2.26. The van der Waals surface area contributed by atoms with Crippen LogP contribution in [0, 0.1) is 20.8 Å². The van der Waals surface area contributed by atoms with Gasteiger partial charge in [0.25, 0.3) is 27.7 Å². The van der Waals surface area contributed by atoms with E-state index in [0.717, 1.165) is 16.0 Å². The number of aryl methyl sites for hydroxylation is 2. The highest BCUT2D eigenvalue weighted by atomic mass is 32.2. The van der Waals surface area contributed by atoms with Gasteiger partial charge in [0.2, 0.25) is 0 Å². The molecule has 0 radical (unpaired) electrons. The van der Waals surface area contributed by atoms with E-state index in [1.54, 1.807) is 37.3 Å². The number of benzene rings is 3. The summed E-state index contributed by atoms with van der Waals surface area (Å²) in [4.78, 5) is 39.7. The molecule has 0 fully saturated rings. The van der Waals surface area contributed by atoms with E-state index in [2.05, 4.69) is 0 Å². The molecule has 0 saturated carbocycles. The molecule has 0 atom stereocenters. The number of carbonyl (C=O) groups excluding carboxylic acids is 3. The maximum atomic E-state index is 13.6. The summed E-state index contributed by atoms with van der Waals surface area (Å²) < 4.78 is 27.9. The highest BCUT2D eigenvalue weighted by Crippen LogP contribution is 2.30. The van der Waals surface area contributed by atoms with Crippen molar-refractivity contribution in [3.8, 4) is 0 Å². The highest BCUT2D eigenvalue weighted by molar-refractivity contribution is 7.93. The van der Waals surface area contributed by atoms with E-state index in [9.17, 15) is 22.8 Å². The fourth-order valence-corrected chi connectivity index (χ4v) is 5.22. The Kier molecular flexibility index (Phi) is 5.63. The molecule has 0 N–H and O–H groups in total. The monoisotopic (exact) mass is 462 g/mol. The normalized spacial score (nSPS) is 13.2. The predicted octanol–water partition coefficient (Wildman–Crippen LogP) is 3.63. The summed E-state index contributed by atoms with van der Waals surface area (Å²) >= 11 is 0. The Bertz CT molecular complexity index is 1360. The van der Waals surface area contributed by atoms with Gasteiger partial charge in [0.05, 0.1) is 21.7 Å². The van der Waals surface area contributed by atoms with Crippen LogP contribution in [0.2, 0.25) is 0 Å². The molecule has 7 nitrogen and oxygen atoms in total.